The van der Waals surface area contributed by atoms with Crippen molar-refractivity contribution in [1.29, 1.82) is 0 Å². The van der Waals surface area contributed by atoms with E-state index in [1.54, 1.807) is 4.90 Å². The Morgan fingerprint density at radius 2 is 2.00 bits per heavy atom. The molecule has 1 atom stereocenters. The van der Waals surface area contributed by atoms with Gasteiger partial charge in [0.15, 0.2) is 0 Å². The van der Waals surface area contributed by atoms with Gasteiger partial charge < -0.3 is 10.2 Å². The highest BCUT2D eigenvalue weighted by molar-refractivity contribution is 5.97. The van der Waals surface area contributed by atoms with Gasteiger partial charge in [-0.3, -0.25) is 9.59 Å². The molecule has 0 unspecified atom stereocenters. The lowest BCUT2D eigenvalue weighted by atomic mass is 10.1. The van der Waals surface area contributed by atoms with Gasteiger partial charge in [0.2, 0.25) is 11.8 Å². The quantitative estimate of drug-likeness (QED) is 0.912. The molecule has 6 heteroatoms. The molecule has 2 rings (SSSR count). The number of likely N-dealkylation sites (tertiary alicyclic amines) is 1. The minimum Gasteiger partial charge on any atom is -0.337 e. The van der Waals surface area contributed by atoms with Crippen molar-refractivity contribution in [2.45, 2.75) is 32.7 Å². The summed E-state index contributed by atoms with van der Waals surface area (Å²) in [6.45, 7) is 5.98. The molecule has 0 saturated carbocycles. The molecule has 2 amide bonds. The summed E-state index contributed by atoms with van der Waals surface area (Å²) in [4.78, 5) is 25.7. The number of benzene rings is 1. The molecule has 1 aliphatic rings. The fourth-order valence-corrected chi connectivity index (χ4v) is 2.36. The van der Waals surface area contributed by atoms with Crippen LogP contribution in [0.1, 0.15) is 27.2 Å². The van der Waals surface area contributed by atoms with Crippen molar-refractivity contribution < 1.29 is 18.4 Å². The van der Waals surface area contributed by atoms with E-state index in [4.69, 9.17) is 0 Å². The summed E-state index contributed by atoms with van der Waals surface area (Å²) in [6.07, 6.45) is 0.103. The summed E-state index contributed by atoms with van der Waals surface area (Å²) in [7, 11) is 0. The molecule has 0 aliphatic carbocycles. The SMILES string of the molecule is CC(C)(C)N1C[C@@H](C(=O)Nc2ccc(F)cc2F)CC1=O. The maximum Gasteiger partial charge on any atom is 0.229 e. The van der Waals surface area contributed by atoms with Crippen molar-refractivity contribution >= 4 is 17.5 Å². The summed E-state index contributed by atoms with van der Waals surface area (Å²) < 4.78 is 26.3. The number of hydrogen-bond donors (Lipinski definition) is 1. The molecule has 0 bridgehead atoms. The van der Waals surface area contributed by atoms with Gasteiger partial charge in [-0.25, -0.2) is 8.78 Å². The zero-order valence-electron chi connectivity index (χ0n) is 12.2. The first kappa shape index (κ1) is 15.4. The minimum absolute atomic E-state index is 0.0805. The van der Waals surface area contributed by atoms with Crippen LogP contribution in [0.3, 0.4) is 0 Å². The number of amides is 2. The first-order valence-corrected chi connectivity index (χ1v) is 6.75. The van der Waals surface area contributed by atoms with E-state index in [9.17, 15) is 18.4 Å². The van der Waals surface area contributed by atoms with Gasteiger partial charge in [0.25, 0.3) is 0 Å². The lowest BCUT2D eigenvalue weighted by molar-refractivity contribution is -0.131. The van der Waals surface area contributed by atoms with Crippen LogP contribution in [0.15, 0.2) is 18.2 Å². The van der Waals surface area contributed by atoms with E-state index >= 15 is 0 Å². The molecule has 1 heterocycles. The van der Waals surface area contributed by atoms with Crippen LogP contribution in [0.5, 0.6) is 0 Å². The Bertz CT molecular complexity index is 582. The Morgan fingerprint density at radius 3 is 2.52 bits per heavy atom. The lowest BCUT2D eigenvalue weighted by Gasteiger charge is -2.31. The summed E-state index contributed by atoms with van der Waals surface area (Å²) >= 11 is 0. The van der Waals surface area contributed by atoms with Crippen molar-refractivity contribution in [1.82, 2.24) is 4.90 Å². The summed E-state index contributed by atoms with van der Waals surface area (Å²) in [5, 5.41) is 2.41. The van der Waals surface area contributed by atoms with Crippen LogP contribution in [-0.4, -0.2) is 28.8 Å². The fourth-order valence-electron chi connectivity index (χ4n) is 2.36. The molecule has 1 fully saturated rings. The van der Waals surface area contributed by atoms with Crippen LogP contribution < -0.4 is 5.32 Å². The third-order valence-corrected chi connectivity index (χ3v) is 3.49. The molecular weight excluding hydrogens is 278 g/mol. The number of rotatable bonds is 2. The number of halogens is 2. The van der Waals surface area contributed by atoms with Gasteiger partial charge in [0.1, 0.15) is 11.6 Å². The average Bonchev–Trinajstić information content (AvgIpc) is 2.75. The Balaban J connectivity index is 2.07. The first-order valence-electron chi connectivity index (χ1n) is 6.75. The maximum atomic E-state index is 13.5. The second-order valence-corrected chi connectivity index (χ2v) is 6.19. The molecule has 1 saturated heterocycles. The second-order valence-electron chi connectivity index (χ2n) is 6.19. The molecule has 0 spiro atoms. The Morgan fingerprint density at radius 1 is 1.33 bits per heavy atom. The number of carbonyl (C=O) groups is 2. The molecule has 4 nitrogen and oxygen atoms in total. The highest BCUT2D eigenvalue weighted by Gasteiger charge is 2.39. The van der Waals surface area contributed by atoms with E-state index < -0.39 is 23.5 Å². The molecule has 1 aromatic rings. The van der Waals surface area contributed by atoms with Crippen molar-refractivity contribution in [3.63, 3.8) is 0 Å². The van der Waals surface area contributed by atoms with Crippen LogP contribution in [0.4, 0.5) is 14.5 Å². The van der Waals surface area contributed by atoms with E-state index in [1.165, 1.54) is 6.07 Å². The van der Waals surface area contributed by atoms with Gasteiger partial charge in [-0.05, 0) is 32.9 Å². The van der Waals surface area contributed by atoms with E-state index in [1.807, 2.05) is 20.8 Å². The molecule has 1 aliphatic heterocycles. The van der Waals surface area contributed by atoms with Gasteiger partial charge in [-0.2, -0.15) is 0 Å². The van der Waals surface area contributed by atoms with Gasteiger partial charge in [-0.1, -0.05) is 0 Å². The summed E-state index contributed by atoms with van der Waals surface area (Å²) in [6, 6.07) is 2.94. The molecular formula is C15H18F2N2O2. The third-order valence-electron chi connectivity index (χ3n) is 3.49. The van der Waals surface area contributed by atoms with Crippen molar-refractivity contribution in [2.24, 2.45) is 5.92 Å². The molecule has 21 heavy (non-hydrogen) atoms. The predicted octanol–water partition coefficient (Wildman–Crippen LogP) is 2.55. The normalized spacial score (nSPS) is 19.0. The Kier molecular flexibility index (Phi) is 3.98. The summed E-state index contributed by atoms with van der Waals surface area (Å²) in [5.74, 6) is -2.59. The second kappa shape index (κ2) is 5.42. The van der Waals surface area contributed by atoms with Crippen LogP contribution in [0.2, 0.25) is 0 Å². The molecule has 1 aromatic carbocycles. The van der Waals surface area contributed by atoms with Gasteiger partial charge >= 0.3 is 0 Å². The number of carbonyl (C=O) groups excluding carboxylic acids is 2. The number of nitrogens with zero attached hydrogens (tertiary/aromatic N) is 1. The van der Waals surface area contributed by atoms with E-state index in [2.05, 4.69) is 5.32 Å². The van der Waals surface area contributed by atoms with Crippen LogP contribution in [0.25, 0.3) is 0 Å². The van der Waals surface area contributed by atoms with Gasteiger partial charge in [-0.15, -0.1) is 0 Å². The highest BCUT2D eigenvalue weighted by atomic mass is 19.1. The van der Waals surface area contributed by atoms with E-state index in [0.29, 0.717) is 12.6 Å². The molecule has 114 valence electrons. The largest absolute Gasteiger partial charge is 0.337 e. The fraction of sp³-hybridized carbons (Fsp3) is 0.467. The monoisotopic (exact) mass is 296 g/mol. The van der Waals surface area contributed by atoms with Crippen LogP contribution in [-0.2, 0) is 9.59 Å². The zero-order valence-corrected chi connectivity index (χ0v) is 12.2. The number of nitrogens with one attached hydrogen (secondary N) is 1. The predicted molar refractivity (Wildman–Crippen MR) is 74.6 cm³/mol. The van der Waals surface area contributed by atoms with Crippen molar-refractivity contribution in [2.75, 3.05) is 11.9 Å². The summed E-state index contributed by atoms with van der Waals surface area (Å²) in [5.41, 5.74) is -0.434. The lowest BCUT2D eigenvalue weighted by Crippen LogP contribution is -2.42. The van der Waals surface area contributed by atoms with Crippen molar-refractivity contribution in [3.05, 3.63) is 29.8 Å². The number of anilines is 1. The van der Waals surface area contributed by atoms with Crippen LogP contribution >= 0.6 is 0 Å². The maximum absolute atomic E-state index is 13.5. The van der Waals surface area contributed by atoms with Crippen molar-refractivity contribution in [3.8, 4) is 0 Å². The Labute approximate surface area is 122 Å². The van der Waals surface area contributed by atoms with E-state index in [0.717, 1.165) is 6.07 Å². The highest BCUT2D eigenvalue weighted by Crippen LogP contribution is 2.27. The smallest absolute Gasteiger partial charge is 0.229 e. The topological polar surface area (TPSA) is 49.4 Å². The minimum atomic E-state index is -0.833. The first-order chi connectivity index (χ1) is 9.68. The molecule has 1 N–H and O–H groups in total. The molecule has 0 aromatic heterocycles. The molecule has 0 radical (unpaired) electrons. The standard InChI is InChI=1S/C15H18F2N2O2/c1-15(2,3)19-8-9(6-13(19)20)14(21)18-12-5-4-10(16)7-11(12)17/h4-5,7,9H,6,8H2,1-3H3,(H,18,21)/t9-/m0/s1. The Hall–Kier alpha value is -1.98. The van der Waals surface area contributed by atoms with Gasteiger partial charge in [0.05, 0.1) is 11.6 Å². The van der Waals surface area contributed by atoms with Gasteiger partial charge in [0, 0.05) is 24.6 Å². The van der Waals surface area contributed by atoms with E-state index in [-0.39, 0.29) is 23.6 Å². The third kappa shape index (κ3) is 3.37. The number of hydrogen-bond acceptors (Lipinski definition) is 2. The zero-order chi connectivity index (χ0) is 15.8. The average molecular weight is 296 g/mol. The van der Waals surface area contributed by atoms with Crippen LogP contribution in [0, 0.1) is 17.6 Å².